The van der Waals surface area contributed by atoms with Gasteiger partial charge in [-0.25, -0.2) is 13.1 Å². The third-order valence-corrected chi connectivity index (χ3v) is 5.41. The van der Waals surface area contributed by atoms with Gasteiger partial charge in [-0.1, -0.05) is 11.6 Å². The molecule has 1 heterocycles. The lowest BCUT2D eigenvalue weighted by Crippen LogP contribution is -2.25. The summed E-state index contributed by atoms with van der Waals surface area (Å²) in [6.45, 7) is 1.37. The Hall–Kier alpha value is -1.53. The lowest BCUT2D eigenvalue weighted by atomic mass is 9.97. The summed E-state index contributed by atoms with van der Waals surface area (Å²) in [4.78, 5) is 0.217. The highest BCUT2D eigenvalue weighted by Gasteiger charge is 2.19. The second-order valence-corrected chi connectivity index (χ2v) is 7.33. The second kappa shape index (κ2) is 6.71. The van der Waals surface area contributed by atoms with E-state index in [1.807, 2.05) is 0 Å². The van der Waals surface area contributed by atoms with Gasteiger partial charge in [0, 0.05) is 12.6 Å². The number of allylic oxidation sites excluding steroid dienone is 1. The van der Waals surface area contributed by atoms with Crippen molar-refractivity contribution in [1.29, 1.82) is 0 Å². The molecule has 1 aliphatic heterocycles. The van der Waals surface area contributed by atoms with Crippen molar-refractivity contribution in [3.05, 3.63) is 29.8 Å². The number of rotatable bonds is 5. The van der Waals surface area contributed by atoms with Crippen LogP contribution in [-0.4, -0.2) is 28.2 Å². The lowest BCUT2D eigenvalue weighted by Gasteiger charge is -2.19. The minimum atomic E-state index is -3.51. The molecule has 120 valence electrons. The number of ether oxygens (including phenoxy) is 2. The van der Waals surface area contributed by atoms with Crippen LogP contribution >= 0.6 is 0 Å². The first-order chi connectivity index (χ1) is 10.6. The van der Waals surface area contributed by atoms with Crippen LogP contribution in [-0.2, 0) is 10.0 Å². The van der Waals surface area contributed by atoms with Crippen molar-refractivity contribution in [3.8, 4) is 11.5 Å². The van der Waals surface area contributed by atoms with Crippen LogP contribution in [0.2, 0.25) is 0 Å². The van der Waals surface area contributed by atoms with Crippen LogP contribution in [0.4, 0.5) is 0 Å². The highest BCUT2D eigenvalue weighted by atomic mass is 32.2. The van der Waals surface area contributed by atoms with Crippen molar-refractivity contribution in [2.24, 2.45) is 0 Å². The van der Waals surface area contributed by atoms with Crippen molar-refractivity contribution in [2.45, 2.75) is 37.0 Å². The Kier molecular flexibility index (Phi) is 4.69. The molecule has 0 saturated heterocycles. The fraction of sp³-hybridized carbons (Fsp3) is 0.500. The zero-order valence-electron chi connectivity index (χ0n) is 12.5. The van der Waals surface area contributed by atoms with Crippen LogP contribution in [0.3, 0.4) is 0 Å². The molecule has 1 aromatic rings. The zero-order chi connectivity index (χ0) is 15.4. The molecule has 2 aliphatic rings. The molecular formula is C16H21NO4S. The van der Waals surface area contributed by atoms with Gasteiger partial charge in [-0.3, -0.25) is 0 Å². The average Bonchev–Trinajstić information content (AvgIpc) is 2.55. The Morgan fingerprint density at radius 3 is 2.68 bits per heavy atom. The molecule has 0 radical (unpaired) electrons. The van der Waals surface area contributed by atoms with Gasteiger partial charge in [-0.15, -0.1) is 0 Å². The Bertz CT molecular complexity index is 667. The monoisotopic (exact) mass is 323 g/mol. The topological polar surface area (TPSA) is 64.6 Å². The van der Waals surface area contributed by atoms with Gasteiger partial charge in [0.2, 0.25) is 10.0 Å². The molecular weight excluding hydrogens is 302 g/mol. The van der Waals surface area contributed by atoms with E-state index in [9.17, 15) is 8.42 Å². The first-order valence-electron chi connectivity index (χ1n) is 7.72. The van der Waals surface area contributed by atoms with Crippen LogP contribution in [0.5, 0.6) is 11.5 Å². The maximum absolute atomic E-state index is 12.3. The molecule has 0 atom stereocenters. The number of benzene rings is 1. The number of hydrogen-bond donors (Lipinski definition) is 1. The number of hydrogen-bond acceptors (Lipinski definition) is 4. The summed E-state index contributed by atoms with van der Waals surface area (Å²) in [6, 6.07) is 4.72. The van der Waals surface area contributed by atoms with Crippen LogP contribution in [0.15, 0.2) is 34.7 Å². The van der Waals surface area contributed by atoms with Crippen LogP contribution in [0, 0.1) is 0 Å². The fourth-order valence-electron chi connectivity index (χ4n) is 2.75. The third kappa shape index (κ3) is 3.62. The van der Waals surface area contributed by atoms with E-state index in [-0.39, 0.29) is 4.90 Å². The predicted octanol–water partition coefficient (Wildman–Crippen LogP) is 2.63. The molecule has 0 amide bonds. The minimum absolute atomic E-state index is 0.217. The van der Waals surface area contributed by atoms with Crippen LogP contribution in [0.1, 0.15) is 32.1 Å². The Balaban J connectivity index is 1.63. The molecule has 0 bridgehead atoms. The third-order valence-electron chi connectivity index (χ3n) is 3.95. The van der Waals surface area contributed by atoms with Crippen LogP contribution in [0.25, 0.3) is 0 Å². The highest BCUT2D eigenvalue weighted by molar-refractivity contribution is 7.89. The van der Waals surface area contributed by atoms with E-state index in [2.05, 4.69) is 10.8 Å². The summed E-state index contributed by atoms with van der Waals surface area (Å²) >= 11 is 0. The van der Waals surface area contributed by atoms with Gasteiger partial charge in [0.25, 0.3) is 0 Å². The van der Waals surface area contributed by atoms with E-state index in [0.29, 0.717) is 31.3 Å². The normalized spacial score (nSPS) is 17.9. The summed E-state index contributed by atoms with van der Waals surface area (Å²) < 4.78 is 38.2. The summed E-state index contributed by atoms with van der Waals surface area (Å²) in [7, 11) is -3.51. The van der Waals surface area contributed by atoms with Gasteiger partial charge in [0.05, 0.1) is 4.90 Å². The first kappa shape index (κ1) is 15.4. The fourth-order valence-corrected chi connectivity index (χ4v) is 3.80. The molecule has 0 spiro atoms. The van der Waals surface area contributed by atoms with Gasteiger partial charge in [-0.05, 0) is 44.2 Å². The minimum Gasteiger partial charge on any atom is -0.486 e. The Morgan fingerprint density at radius 1 is 1.09 bits per heavy atom. The van der Waals surface area contributed by atoms with E-state index in [0.717, 1.165) is 19.3 Å². The van der Waals surface area contributed by atoms with E-state index >= 15 is 0 Å². The van der Waals surface area contributed by atoms with Crippen molar-refractivity contribution in [3.63, 3.8) is 0 Å². The number of fused-ring (bicyclic) bond motifs is 1. The summed E-state index contributed by atoms with van der Waals surface area (Å²) in [5, 5.41) is 0. The van der Waals surface area contributed by atoms with Gasteiger partial charge in [0.1, 0.15) is 13.2 Å². The number of nitrogens with one attached hydrogen (secondary N) is 1. The van der Waals surface area contributed by atoms with Crippen LogP contribution < -0.4 is 14.2 Å². The van der Waals surface area contributed by atoms with Gasteiger partial charge >= 0.3 is 0 Å². The molecule has 0 saturated carbocycles. The van der Waals surface area contributed by atoms with Gasteiger partial charge in [-0.2, -0.15) is 0 Å². The smallest absolute Gasteiger partial charge is 0.240 e. The first-order valence-corrected chi connectivity index (χ1v) is 9.21. The number of sulfonamides is 1. The van der Waals surface area contributed by atoms with Crippen molar-refractivity contribution in [1.82, 2.24) is 4.72 Å². The molecule has 0 fully saturated rings. The van der Waals surface area contributed by atoms with Crippen molar-refractivity contribution in [2.75, 3.05) is 19.8 Å². The molecule has 0 aromatic heterocycles. The average molecular weight is 323 g/mol. The largest absolute Gasteiger partial charge is 0.486 e. The summed E-state index contributed by atoms with van der Waals surface area (Å²) in [5.41, 5.74) is 1.36. The zero-order valence-corrected chi connectivity index (χ0v) is 13.3. The second-order valence-electron chi connectivity index (χ2n) is 5.56. The van der Waals surface area contributed by atoms with E-state index < -0.39 is 10.0 Å². The van der Waals surface area contributed by atoms with Crippen molar-refractivity contribution < 1.29 is 17.9 Å². The molecule has 1 N–H and O–H groups in total. The predicted molar refractivity (Wildman–Crippen MR) is 83.8 cm³/mol. The molecule has 1 aromatic carbocycles. The molecule has 3 rings (SSSR count). The maximum Gasteiger partial charge on any atom is 0.240 e. The van der Waals surface area contributed by atoms with Gasteiger partial charge in [0.15, 0.2) is 11.5 Å². The Morgan fingerprint density at radius 2 is 1.91 bits per heavy atom. The van der Waals surface area contributed by atoms with E-state index in [1.54, 1.807) is 12.1 Å². The molecule has 1 aliphatic carbocycles. The SMILES string of the molecule is O=S(=O)(NCCC1=CCCCC1)c1ccc2c(c1)OCCO2. The molecule has 5 nitrogen and oxygen atoms in total. The highest BCUT2D eigenvalue weighted by Crippen LogP contribution is 2.32. The van der Waals surface area contributed by atoms with Crippen molar-refractivity contribution >= 4 is 10.0 Å². The standard InChI is InChI=1S/C16H21NO4S/c18-22(19,17-9-8-13-4-2-1-3-5-13)14-6-7-15-16(12-14)21-11-10-20-15/h4,6-7,12,17H,1-3,5,8-11H2. The van der Waals surface area contributed by atoms with E-state index in [1.165, 1.54) is 24.5 Å². The molecule has 22 heavy (non-hydrogen) atoms. The summed E-state index contributed by atoms with van der Waals surface area (Å²) in [5.74, 6) is 1.08. The maximum atomic E-state index is 12.3. The summed E-state index contributed by atoms with van der Waals surface area (Å²) in [6.07, 6.45) is 7.68. The quantitative estimate of drug-likeness (QED) is 0.846. The Labute approximate surface area is 131 Å². The molecule has 0 unspecified atom stereocenters. The molecule has 6 heteroatoms. The van der Waals surface area contributed by atoms with E-state index in [4.69, 9.17) is 9.47 Å². The lowest BCUT2D eigenvalue weighted by molar-refractivity contribution is 0.171. The van der Waals surface area contributed by atoms with Gasteiger partial charge < -0.3 is 9.47 Å².